The van der Waals surface area contributed by atoms with Gasteiger partial charge < -0.3 is 34.9 Å². The van der Waals surface area contributed by atoms with Crippen LogP contribution in [0.4, 0.5) is 0 Å². The van der Waals surface area contributed by atoms with Crippen LogP contribution in [0, 0.1) is 0 Å². The number of benzene rings is 2. The number of piperidine rings is 1. The molecule has 1 heterocycles. The van der Waals surface area contributed by atoms with Gasteiger partial charge in [0.05, 0.1) is 26.9 Å². The number of carbonyl (C=O) groups excluding carboxylic acids is 1. The Morgan fingerprint density at radius 2 is 1.59 bits per heavy atom. The molecule has 0 atom stereocenters. The van der Waals surface area contributed by atoms with E-state index in [0.717, 1.165) is 37.9 Å². The number of carbonyl (C=O) groups is 1. The van der Waals surface area contributed by atoms with Gasteiger partial charge in [0.2, 0.25) is 11.5 Å². The predicted molar refractivity (Wildman–Crippen MR) is 138 cm³/mol. The second-order valence-electron chi connectivity index (χ2n) is 7.70. The summed E-state index contributed by atoms with van der Waals surface area (Å²) in [5.74, 6) is 1.82. The Labute approximate surface area is 213 Å². The summed E-state index contributed by atoms with van der Waals surface area (Å²) in [6.45, 7) is 2.36. The molecule has 2 aromatic rings. The first kappa shape index (κ1) is 29.6. The van der Waals surface area contributed by atoms with Crippen molar-refractivity contribution in [3.63, 3.8) is 0 Å². The summed E-state index contributed by atoms with van der Waals surface area (Å²) in [4.78, 5) is 15.2. The third kappa shape index (κ3) is 6.60. The van der Waals surface area contributed by atoms with Gasteiger partial charge in [-0.05, 0) is 56.6 Å². The molecule has 3 rings (SSSR count). The number of nitrogens with one attached hydrogen (secondary N) is 1. The maximum absolute atomic E-state index is 13.5. The highest BCUT2D eigenvalue weighted by molar-refractivity contribution is 5.99. The van der Waals surface area contributed by atoms with Crippen LogP contribution >= 0.6 is 24.8 Å². The predicted octanol–water partition coefficient (Wildman–Crippen LogP) is 3.67. The number of hydrogen-bond acceptors (Lipinski definition) is 7. The van der Waals surface area contributed by atoms with Gasteiger partial charge in [0.25, 0.3) is 5.91 Å². The first-order valence-corrected chi connectivity index (χ1v) is 10.8. The summed E-state index contributed by atoms with van der Waals surface area (Å²) in [5.41, 5.74) is 7.12. The van der Waals surface area contributed by atoms with Gasteiger partial charge in [-0.1, -0.05) is 12.1 Å². The Balaban J connectivity index is 0.00000289. The molecule has 190 valence electrons. The lowest BCUT2D eigenvalue weighted by Gasteiger charge is -2.32. The second-order valence-corrected chi connectivity index (χ2v) is 7.70. The topological polar surface area (TPSA) is 95.3 Å². The molecule has 1 saturated heterocycles. The van der Waals surface area contributed by atoms with Gasteiger partial charge in [-0.2, -0.15) is 0 Å². The van der Waals surface area contributed by atoms with E-state index in [9.17, 15) is 4.79 Å². The Morgan fingerprint density at radius 1 is 1.00 bits per heavy atom. The molecule has 0 spiro atoms. The van der Waals surface area contributed by atoms with E-state index in [1.807, 2.05) is 31.3 Å². The Morgan fingerprint density at radius 3 is 2.12 bits per heavy atom. The minimum Gasteiger partial charge on any atom is -0.492 e. The van der Waals surface area contributed by atoms with Crippen LogP contribution in [-0.2, 0) is 6.42 Å². The molecule has 1 aliphatic rings. The molecule has 10 heteroatoms. The summed E-state index contributed by atoms with van der Waals surface area (Å²) in [7, 11) is 6.37. The van der Waals surface area contributed by atoms with Crippen molar-refractivity contribution < 1.29 is 23.7 Å². The molecule has 0 unspecified atom stereocenters. The number of ether oxygens (including phenoxy) is 4. The van der Waals surface area contributed by atoms with Crippen molar-refractivity contribution in [2.45, 2.75) is 25.3 Å². The Kier molecular flexibility index (Phi) is 12.3. The van der Waals surface area contributed by atoms with Crippen molar-refractivity contribution in [3.05, 3.63) is 41.5 Å². The molecular formula is C24H35Cl2N3O5. The third-order valence-electron chi connectivity index (χ3n) is 5.76. The molecule has 1 fully saturated rings. The van der Waals surface area contributed by atoms with Gasteiger partial charge in [-0.15, -0.1) is 24.8 Å². The fourth-order valence-corrected chi connectivity index (χ4v) is 3.98. The number of nitrogens with zero attached hydrogens (tertiary/aromatic N) is 1. The van der Waals surface area contributed by atoms with Gasteiger partial charge in [-0.3, -0.25) is 4.79 Å². The zero-order valence-corrected chi connectivity index (χ0v) is 21.7. The summed E-state index contributed by atoms with van der Waals surface area (Å²) < 4.78 is 22.9. The van der Waals surface area contributed by atoms with Crippen LogP contribution in [0.1, 0.15) is 28.8 Å². The van der Waals surface area contributed by atoms with Crippen molar-refractivity contribution in [1.29, 1.82) is 0 Å². The van der Waals surface area contributed by atoms with Gasteiger partial charge in [0, 0.05) is 19.2 Å². The smallest absolute Gasteiger partial charge is 0.257 e. The molecule has 3 N–H and O–H groups in total. The van der Waals surface area contributed by atoms with Crippen LogP contribution in [0.25, 0.3) is 0 Å². The number of nitrogens with two attached hydrogens (primary N) is 1. The zero-order chi connectivity index (χ0) is 23.1. The molecule has 0 aromatic heterocycles. The molecule has 2 aromatic carbocycles. The van der Waals surface area contributed by atoms with E-state index in [4.69, 9.17) is 24.7 Å². The van der Waals surface area contributed by atoms with Crippen molar-refractivity contribution in [2.75, 3.05) is 48.0 Å². The fourth-order valence-electron chi connectivity index (χ4n) is 3.98. The van der Waals surface area contributed by atoms with E-state index >= 15 is 0 Å². The van der Waals surface area contributed by atoms with E-state index in [0.29, 0.717) is 40.9 Å². The maximum Gasteiger partial charge on any atom is 0.257 e. The fraction of sp³-hybridized carbons (Fsp3) is 0.458. The molecule has 0 saturated carbocycles. The molecule has 0 aliphatic carbocycles. The zero-order valence-electron chi connectivity index (χ0n) is 20.1. The molecule has 0 radical (unpaired) electrons. The number of methoxy groups -OCH3 is 3. The van der Waals surface area contributed by atoms with Gasteiger partial charge >= 0.3 is 0 Å². The van der Waals surface area contributed by atoms with Crippen LogP contribution in [0.15, 0.2) is 30.3 Å². The van der Waals surface area contributed by atoms with Gasteiger partial charge in [0.15, 0.2) is 11.5 Å². The third-order valence-corrected chi connectivity index (χ3v) is 5.76. The van der Waals surface area contributed by atoms with Gasteiger partial charge in [0.1, 0.15) is 5.75 Å². The van der Waals surface area contributed by atoms with Crippen molar-refractivity contribution in [3.8, 4) is 28.7 Å². The number of hydrogen-bond donors (Lipinski definition) is 2. The van der Waals surface area contributed by atoms with E-state index in [-0.39, 0.29) is 36.8 Å². The highest BCUT2D eigenvalue weighted by Crippen LogP contribution is 2.48. The highest BCUT2D eigenvalue weighted by Gasteiger charge is 2.30. The summed E-state index contributed by atoms with van der Waals surface area (Å²) in [5, 5.41) is 3.33. The second kappa shape index (κ2) is 14.1. The summed E-state index contributed by atoms with van der Waals surface area (Å²) in [6, 6.07) is 9.47. The van der Waals surface area contributed by atoms with Crippen molar-refractivity contribution in [2.24, 2.45) is 5.73 Å². The van der Waals surface area contributed by atoms with Gasteiger partial charge in [-0.25, -0.2) is 0 Å². The standard InChI is InChI=1S/C24H33N3O5.2ClH/c1-27(17-10-13-26-14-11-17)24(28)19-15-20(22(30-3)23(31-4)21(19)29-2)32-18-7-5-16(6-8-18)9-12-25;;/h5-8,15,17,26H,9-14,25H2,1-4H3;2*1H. The lowest BCUT2D eigenvalue weighted by molar-refractivity contribution is 0.0698. The first-order valence-electron chi connectivity index (χ1n) is 10.8. The molecular weight excluding hydrogens is 481 g/mol. The number of amides is 1. The van der Waals surface area contributed by atoms with Crippen LogP contribution < -0.4 is 30.0 Å². The highest BCUT2D eigenvalue weighted by atomic mass is 35.5. The normalized spacial score (nSPS) is 13.2. The maximum atomic E-state index is 13.5. The van der Waals surface area contributed by atoms with Crippen molar-refractivity contribution in [1.82, 2.24) is 10.2 Å². The lowest BCUT2D eigenvalue weighted by Crippen LogP contribution is -2.44. The minimum absolute atomic E-state index is 0. The summed E-state index contributed by atoms with van der Waals surface area (Å²) in [6.07, 6.45) is 2.59. The molecule has 0 bridgehead atoms. The molecule has 1 amide bonds. The van der Waals surface area contributed by atoms with Crippen molar-refractivity contribution >= 4 is 30.7 Å². The number of rotatable bonds is 9. The Bertz CT molecular complexity index is 922. The van der Waals surface area contributed by atoms with Crippen LogP contribution in [-0.4, -0.2) is 64.9 Å². The minimum atomic E-state index is -0.155. The van der Waals surface area contributed by atoms with E-state index in [1.165, 1.54) is 21.3 Å². The molecule has 1 aliphatic heterocycles. The number of halogens is 2. The Hall–Kier alpha value is -2.39. The van der Waals surface area contributed by atoms with Crippen LogP contribution in [0.3, 0.4) is 0 Å². The van der Waals surface area contributed by atoms with Crippen LogP contribution in [0.5, 0.6) is 28.7 Å². The average Bonchev–Trinajstić information content (AvgIpc) is 2.84. The SMILES string of the molecule is COc1c(Oc2ccc(CCN)cc2)cc(C(=O)N(C)C2CCNCC2)c(OC)c1OC.Cl.Cl. The van der Waals surface area contributed by atoms with E-state index < -0.39 is 0 Å². The molecule has 34 heavy (non-hydrogen) atoms. The largest absolute Gasteiger partial charge is 0.492 e. The average molecular weight is 516 g/mol. The van der Waals surface area contributed by atoms with Crippen LogP contribution in [0.2, 0.25) is 0 Å². The molecule has 8 nitrogen and oxygen atoms in total. The monoisotopic (exact) mass is 515 g/mol. The summed E-state index contributed by atoms with van der Waals surface area (Å²) >= 11 is 0. The van der Waals surface area contributed by atoms with E-state index in [2.05, 4.69) is 5.32 Å². The lowest BCUT2D eigenvalue weighted by atomic mass is 10.0. The first-order chi connectivity index (χ1) is 15.5. The van der Waals surface area contributed by atoms with E-state index in [1.54, 1.807) is 11.0 Å². The quantitative estimate of drug-likeness (QED) is 0.525.